The Hall–Kier alpha value is -1.83. The monoisotopic (exact) mass is 388 g/mol. The average Bonchev–Trinajstić information content (AvgIpc) is 2.48. The first-order valence-electron chi connectivity index (χ1n) is 7.67. The van der Waals surface area contributed by atoms with Gasteiger partial charge >= 0.3 is 0 Å². The Balaban J connectivity index is 2.36. The van der Waals surface area contributed by atoms with Crippen molar-refractivity contribution in [3.63, 3.8) is 0 Å². The molecule has 0 saturated carbocycles. The van der Waals surface area contributed by atoms with Crippen LogP contribution in [0.1, 0.15) is 13.8 Å². The Labute approximate surface area is 157 Å². The van der Waals surface area contributed by atoms with E-state index in [1.165, 1.54) is 4.90 Å². The molecule has 1 aromatic carbocycles. The standard InChI is InChI=1S/C16H22Cl2N4O3/c1-10(2)20-14(23)7-19-15(24)8-22(3)9-16(25)21-11-4-5-12(17)13(18)6-11/h4-6,10H,7-9H2,1-3H3,(H,19,24)(H,20,23)(H,21,25). The molecule has 9 heteroatoms. The first-order valence-corrected chi connectivity index (χ1v) is 8.42. The van der Waals surface area contributed by atoms with E-state index in [0.717, 1.165) is 0 Å². The van der Waals surface area contributed by atoms with Gasteiger partial charge in [0, 0.05) is 11.7 Å². The number of nitrogens with one attached hydrogen (secondary N) is 3. The highest BCUT2D eigenvalue weighted by molar-refractivity contribution is 6.42. The zero-order valence-electron chi connectivity index (χ0n) is 14.4. The average molecular weight is 389 g/mol. The van der Waals surface area contributed by atoms with Crippen molar-refractivity contribution in [2.75, 3.05) is 32.0 Å². The van der Waals surface area contributed by atoms with Crippen molar-refractivity contribution in [3.05, 3.63) is 28.2 Å². The molecule has 0 aromatic heterocycles. The van der Waals surface area contributed by atoms with Gasteiger partial charge in [0.25, 0.3) is 0 Å². The molecule has 0 aliphatic rings. The van der Waals surface area contributed by atoms with Crippen molar-refractivity contribution in [2.45, 2.75) is 19.9 Å². The lowest BCUT2D eigenvalue weighted by Crippen LogP contribution is -2.44. The predicted octanol–water partition coefficient (Wildman–Crippen LogP) is 1.50. The van der Waals surface area contributed by atoms with Crippen LogP contribution < -0.4 is 16.0 Å². The first kappa shape index (κ1) is 21.2. The third-order valence-corrected chi connectivity index (χ3v) is 3.67. The second-order valence-corrected chi connectivity index (χ2v) is 6.66. The van der Waals surface area contributed by atoms with Crippen molar-refractivity contribution >= 4 is 46.6 Å². The van der Waals surface area contributed by atoms with Gasteiger partial charge in [-0.05, 0) is 39.1 Å². The number of hydrogen-bond acceptors (Lipinski definition) is 4. The fraction of sp³-hybridized carbons (Fsp3) is 0.438. The number of carbonyl (C=O) groups excluding carboxylic acids is 3. The molecule has 1 rings (SSSR count). The van der Waals surface area contributed by atoms with E-state index in [1.54, 1.807) is 25.2 Å². The minimum Gasteiger partial charge on any atom is -0.352 e. The number of halogens is 2. The van der Waals surface area contributed by atoms with Crippen LogP contribution in [0, 0.1) is 0 Å². The summed E-state index contributed by atoms with van der Waals surface area (Å²) in [5, 5.41) is 8.57. The molecule has 0 fully saturated rings. The molecule has 3 N–H and O–H groups in total. The number of rotatable bonds is 8. The zero-order chi connectivity index (χ0) is 19.0. The summed E-state index contributed by atoms with van der Waals surface area (Å²) < 4.78 is 0. The molecule has 0 spiro atoms. The predicted molar refractivity (Wildman–Crippen MR) is 98.9 cm³/mol. The molecule has 7 nitrogen and oxygen atoms in total. The number of amides is 3. The number of nitrogens with zero attached hydrogens (tertiary/aromatic N) is 1. The van der Waals surface area contributed by atoms with Gasteiger partial charge in [0.2, 0.25) is 17.7 Å². The van der Waals surface area contributed by atoms with Gasteiger partial charge < -0.3 is 16.0 Å². The lowest BCUT2D eigenvalue weighted by molar-refractivity contribution is -0.127. The number of carbonyl (C=O) groups is 3. The van der Waals surface area contributed by atoms with Crippen LogP contribution in [-0.2, 0) is 14.4 Å². The van der Waals surface area contributed by atoms with E-state index in [0.29, 0.717) is 15.7 Å². The Morgan fingerprint density at radius 1 is 1.04 bits per heavy atom. The fourth-order valence-electron chi connectivity index (χ4n) is 1.93. The van der Waals surface area contributed by atoms with E-state index < -0.39 is 0 Å². The molecule has 25 heavy (non-hydrogen) atoms. The normalized spacial score (nSPS) is 10.7. The van der Waals surface area contributed by atoms with E-state index in [-0.39, 0.29) is 43.4 Å². The Bertz CT molecular complexity index is 638. The fourth-order valence-corrected chi connectivity index (χ4v) is 2.23. The molecule has 0 aliphatic carbocycles. The van der Waals surface area contributed by atoms with E-state index in [9.17, 15) is 14.4 Å². The number of benzene rings is 1. The van der Waals surface area contributed by atoms with Crippen LogP contribution in [0.2, 0.25) is 10.0 Å². The number of likely N-dealkylation sites (N-methyl/N-ethyl adjacent to an activating group) is 1. The van der Waals surface area contributed by atoms with Gasteiger partial charge in [0.15, 0.2) is 0 Å². The van der Waals surface area contributed by atoms with Crippen molar-refractivity contribution in [1.29, 1.82) is 0 Å². The molecule has 0 unspecified atom stereocenters. The molecule has 1 aromatic rings. The quantitative estimate of drug-likeness (QED) is 0.629. The van der Waals surface area contributed by atoms with Gasteiger partial charge in [-0.1, -0.05) is 23.2 Å². The van der Waals surface area contributed by atoms with E-state index in [1.807, 2.05) is 13.8 Å². The van der Waals surface area contributed by atoms with Crippen LogP contribution >= 0.6 is 23.2 Å². The van der Waals surface area contributed by atoms with Crippen molar-refractivity contribution in [2.24, 2.45) is 0 Å². The topological polar surface area (TPSA) is 90.5 Å². The molecule has 0 bridgehead atoms. The summed E-state index contributed by atoms with van der Waals surface area (Å²) in [6.45, 7) is 3.57. The molecule has 0 heterocycles. The van der Waals surface area contributed by atoms with Crippen LogP contribution in [0.25, 0.3) is 0 Å². The summed E-state index contributed by atoms with van der Waals surface area (Å²) in [6.07, 6.45) is 0. The van der Waals surface area contributed by atoms with Gasteiger partial charge in [-0.2, -0.15) is 0 Å². The third-order valence-electron chi connectivity index (χ3n) is 2.93. The van der Waals surface area contributed by atoms with Gasteiger partial charge in [-0.15, -0.1) is 0 Å². The van der Waals surface area contributed by atoms with Crippen molar-refractivity contribution < 1.29 is 14.4 Å². The maximum Gasteiger partial charge on any atom is 0.239 e. The highest BCUT2D eigenvalue weighted by atomic mass is 35.5. The molecule has 0 atom stereocenters. The summed E-state index contributed by atoms with van der Waals surface area (Å²) >= 11 is 11.7. The summed E-state index contributed by atoms with van der Waals surface area (Å²) in [4.78, 5) is 36.7. The number of anilines is 1. The van der Waals surface area contributed by atoms with Crippen LogP contribution in [0.15, 0.2) is 18.2 Å². The highest BCUT2D eigenvalue weighted by Crippen LogP contribution is 2.24. The maximum absolute atomic E-state index is 12.0. The third kappa shape index (κ3) is 8.72. The van der Waals surface area contributed by atoms with Gasteiger partial charge in [0.1, 0.15) is 0 Å². The van der Waals surface area contributed by atoms with Gasteiger partial charge in [-0.25, -0.2) is 0 Å². The Morgan fingerprint density at radius 2 is 1.68 bits per heavy atom. The summed E-state index contributed by atoms with van der Waals surface area (Å²) in [6, 6.07) is 4.77. The molecule has 0 saturated heterocycles. The van der Waals surface area contributed by atoms with Gasteiger partial charge in [0.05, 0.1) is 29.7 Å². The van der Waals surface area contributed by atoms with Crippen LogP contribution in [-0.4, -0.2) is 55.3 Å². The minimum atomic E-state index is -0.344. The second kappa shape index (κ2) is 10.2. The van der Waals surface area contributed by atoms with Crippen LogP contribution in [0.4, 0.5) is 5.69 Å². The van der Waals surface area contributed by atoms with Crippen LogP contribution in [0.3, 0.4) is 0 Å². The smallest absolute Gasteiger partial charge is 0.239 e. The Morgan fingerprint density at radius 3 is 2.28 bits per heavy atom. The number of hydrogen-bond donors (Lipinski definition) is 3. The largest absolute Gasteiger partial charge is 0.352 e. The Kier molecular flexibility index (Phi) is 8.68. The van der Waals surface area contributed by atoms with Crippen molar-refractivity contribution in [1.82, 2.24) is 15.5 Å². The lowest BCUT2D eigenvalue weighted by Gasteiger charge is -2.16. The first-order chi connectivity index (χ1) is 11.7. The SMILES string of the molecule is CC(C)NC(=O)CNC(=O)CN(C)CC(=O)Nc1ccc(Cl)c(Cl)c1. The zero-order valence-corrected chi connectivity index (χ0v) is 15.9. The van der Waals surface area contributed by atoms with Gasteiger partial charge in [-0.3, -0.25) is 19.3 Å². The van der Waals surface area contributed by atoms with E-state index in [4.69, 9.17) is 23.2 Å². The molecule has 138 valence electrons. The molecule has 3 amide bonds. The molecular weight excluding hydrogens is 367 g/mol. The lowest BCUT2D eigenvalue weighted by atomic mass is 10.3. The summed E-state index contributed by atoms with van der Waals surface area (Å²) in [5.74, 6) is -0.904. The molecule has 0 aliphatic heterocycles. The summed E-state index contributed by atoms with van der Waals surface area (Å²) in [7, 11) is 1.63. The maximum atomic E-state index is 12.0. The van der Waals surface area contributed by atoms with Crippen LogP contribution in [0.5, 0.6) is 0 Å². The molecule has 0 radical (unpaired) electrons. The highest BCUT2D eigenvalue weighted by Gasteiger charge is 2.12. The molecular formula is C16H22Cl2N4O3. The van der Waals surface area contributed by atoms with E-state index >= 15 is 0 Å². The second-order valence-electron chi connectivity index (χ2n) is 5.85. The van der Waals surface area contributed by atoms with E-state index in [2.05, 4.69) is 16.0 Å². The minimum absolute atomic E-state index is 0.00581. The van der Waals surface area contributed by atoms with Crippen molar-refractivity contribution in [3.8, 4) is 0 Å². The summed E-state index contributed by atoms with van der Waals surface area (Å²) in [5.41, 5.74) is 0.516.